The summed E-state index contributed by atoms with van der Waals surface area (Å²) in [5.41, 5.74) is 5.20. The van der Waals surface area contributed by atoms with Gasteiger partial charge in [0.15, 0.2) is 0 Å². The van der Waals surface area contributed by atoms with Crippen molar-refractivity contribution in [1.82, 2.24) is 20.4 Å². The molecule has 0 saturated carbocycles. The van der Waals surface area contributed by atoms with Crippen LogP contribution in [0.1, 0.15) is 54.1 Å². The molecule has 0 spiro atoms. The number of nitrogens with zero attached hydrogens (tertiary/aromatic N) is 2. The van der Waals surface area contributed by atoms with Gasteiger partial charge in [-0.1, -0.05) is 30.3 Å². The zero-order valence-electron chi connectivity index (χ0n) is 16.0. The number of aromatic nitrogens is 2. The molecule has 2 heterocycles. The number of carbonyl (C=O) groups excluding carboxylic acids is 1. The van der Waals surface area contributed by atoms with Gasteiger partial charge in [0.05, 0.1) is 5.69 Å². The average Bonchev–Trinajstić information content (AvgIpc) is 3.34. The molecule has 1 aliphatic heterocycles. The number of likely N-dealkylation sites (tertiary alicyclic amines) is 1. The normalized spacial score (nSPS) is 19.8. The van der Waals surface area contributed by atoms with E-state index in [9.17, 15) is 4.79 Å². The number of hydrogen-bond donors (Lipinski definition) is 2. The molecule has 5 heteroatoms. The highest BCUT2D eigenvalue weighted by atomic mass is 16.1. The molecular weight excluding hydrogens is 336 g/mol. The van der Waals surface area contributed by atoms with Gasteiger partial charge in [-0.25, -0.2) is 0 Å². The lowest BCUT2D eigenvalue weighted by Crippen LogP contribution is -2.33. The Bertz CT molecular complexity index is 755. The second kappa shape index (κ2) is 8.70. The SMILES string of the molecule is O=C(CCc1n[nH]c2c1CCCC2)NCCN1CCC(c2ccccc2)C1. The van der Waals surface area contributed by atoms with Crippen molar-refractivity contribution in [3.05, 3.63) is 52.8 Å². The number of aromatic amines is 1. The van der Waals surface area contributed by atoms with Crippen LogP contribution in [0.2, 0.25) is 0 Å². The van der Waals surface area contributed by atoms with Gasteiger partial charge in [0.2, 0.25) is 5.91 Å². The van der Waals surface area contributed by atoms with Crippen LogP contribution in [0.5, 0.6) is 0 Å². The number of amides is 1. The van der Waals surface area contributed by atoms with Crippen molar-refractivity contribution in [3.63, 3.8) is 0 Å². The van der Waals surface area contributed by atoms with E-state index in [1.807, 2.05) is 0 Å². The van der Waals surface area contributed by atoms with Crippen LogP contribution in [0.15, 0.2) is 30.3 Å². The maximum absolute atomic E-state index is 12.2. The first kappa shape index (κ1) is 18.2. The fraction of sp³-hybridized carbons (Fsp3) is 0.545. The molecule has 1 aliphatic carbocycles. The monoisotopic (exact) mass is 366 g/mol. The summed E-state index contributed by atoms with van der Waals surface area (Å²) in [6, 6.07) is 10.8. The number of carbonyl (C=O) groups is 1. The lowest BCUT2D eigenvalue weighted by atomic mass is 9.95. The first-order valence-corrected chi connectivity index (χ1v) is 10.4. The van der Waals surface area contributed by atoms with Gasteiger partial charge in [-0.15, -0.1) is 0 Å². The van der Waals surface area contributed by atoms with Crippen molar-refractivity contribution >= 4 is 5.91 Å². The number of aryl methyl sites for hydroxylation is 2. The molecule has 27 heavy (non-hydrogen) atoms. The number of benzene rings is 1. The first-order valence-electron chi connectivity index (χ1n) is 10.4. The third-order valence-electron chi connectivity index (χ3n) is 6.02. The van der Waals surface area contributed by atoms with Gasteiger partial charge in [-0.2, -0.15) is 5.10 Å². The molecule has 144 valence electrons. The largest absolute Gasteiger partial charge is 0.355 e. The molecule has 1 aromatic carbocycles. The van der Waals surface area contributed by atoms with Gasteiger partial charge in [0.1, 0.15) is 0 Å². The fourth-order valence-electron chi connectivity index (χ4n) is 4.46. The van der Waals surface area contributed by atoms with E-state index in [-0.39, 0.29) is 5.91 Å². The highest BCUT2D eigenvalue weighted by molar-refractivity contribution is 5.76. The van der Waals surface area contributed by atoms with E-state index >= 15 is 0 Å². The molecule has 1 unspecified atom stereocenters. The molecule has 1 fully saturated rings. The third kappa shape index (κ3) is 4.59. The average molecular weight is 367 g/mol. The quantitative estimate of drug-likeness (QED) is 0.792. The van der Waals surface area contributed by atoms with Crippen LogP contribution in [0.25, 0.3) is 0 Å². The molecule has 1 atom stereocenters. The van der Waals surface area contributed by atoms with E-state index in [4.69, 9.17) is 0 Å². The molecule has 0 radical (unpaired) electrons. The number of H-pyrrole nitrogens is 1. The standard InChI is InChI=1S/C22H30N4O/c27-22(11-10-21-19-8-4-5-9-20(19)24-25-21)23-13-15-26-14-12-18(16-26)17-6-2-1-3-7-17/h1-3,6-7,18H,4-5,8-16H2,(H,23,27)(H,24,25). The summed E-state index contributed by atoms with van der Waals surface area (Å²) >= 11 is 0. The summed E-state index contributed by atoms with van der Waals surface area (Å²) < 4.78 is 0. The molecule has 2 aliphatic rings. The second-order valence-corrected chi connectivity index (χ2v) is 7.88. The number of rotatable bonds is 7. The van der Waals surface area contributed by atoms with E-state index in [0.717, 1.165) is 51.1 Å². The molecule has 2 N–H and O–H groups in total. The molecule has 4 rings (SSSR count). The van der Waals surface area contributed by atoms with E-state index in [2.05, 4.69) is 50.7 Å². The van der Waals surface area contributed by atoms with Crippen molar-refractivity contribution in [2.75, 3.05) is 26.2 Å². The Balaban J connectivity index is 1.16. The maximum atomic E-state index is 12.2. The van der Waals surface area contributed by atoms with Crippen molar-refractivity contribution in [1.29, 1.82) is 0 Å². The first-order chi connectivity index (χ1) is 13.3. The van der Waals surface area contributed by atoms with Gasteiger partial charge < -0.3 is 10.2 Å². The predicted octanol–water partition coefficient (Wildman–Crippen LogP) is 2.83. The Labute approximate surface area is 161 Å². The van der Waals surface area contributed by atoms with E-state index in [1.165, 1.54) is 36.1 Å². The van der Waals surface area contributed by atoms with Crippen LogP contribution in [0.3, 0.4) is 0 Å². The van der Waals surface area contributed by atoms with Gasteiger partial charge in [0, 0.05) is 38.2 Å². The number of nitrogens with one attached hydrogen (secondary N) is 2. The highest BCUT2D eigenvalue weighted by Gasteiger charge is 2.23. The molecule has 0 bridgehead atoms. The van der Waals surface area contributed by atoms with Gasteiger partial charge in [0.25, 0.3) is 0 Å². The van der Waals surface area contributed by atoms with Crippen molar-refractivity contribution in [3.8, 4) is 0 Å². The molecule has 2 aromatic rings. The number of hydrogen-bond acceptors (Lipinski definition) is 3. The van der Waals surface area contributed by atoms with Crippen LogP contribution >= 0.6 is 0 Å². The van der Waals surface area contributed by atoms with Crippen molar-refractivity contribution in [2.45, 2.75) is 50.9 Å². The summed E-state index contributed by atoms with van der Waals surface area (Å²) in [6.45, 7) is 3.89. The Morgan fingerprint density at radius 1 is 1.22 bits per heavy atom. The smallest absolute Gasteiger partial charge is 0.220 e. The molecule has 5 nitrogen and oxygen atoms in total. The summed E-state index contributed by atoms with van der Waals surface area (Å²) in [5.74, 6) is 0.772. The second-order valence-electron chi connectivity index (χ2n) is 7.88. The fourth-order valence-corrected chi connectivity index (χ4v) is 4.46. The van der Waals surface area contributed by atoms with Gasteiger partial charge in [-0.3, -0.25) is 9.89 Å². The van der Waals surface area contributed by atoms with Crippen LogP contribution in [-0.4, -0.2) is 47.2 Å². The molecule has 1 aromatic heterocycles. The lowest BCUT2D eigenvalue weighted by Gasteiger charge is -2.16. The van der Waals surface area contributed by atoms with Crippen molar-refractivity contribution < 1.29 is 4.79 Å². The van der Waals surface area contributed by atoms with Crippen LogP contribution in [0.4, 0.5) is 0 Å². The number of fused-ring (bicyclic) bond motifs is 1. The minimum atomic E-state index is 0.140. The Morgan fingerprint density at radius 2 is 2.07 bits per heavy atom. The van der Waals surface area contributed by atoms with E-state index in [0.29, 0.717) is 12.3 Å². The molecular formula is C22H30N4O. The van der Waals surface area contributed by atoms with Crippen LogP contribution in [0, 0.1) is 0 Å². The maximum Gasteiger partial charge on any atom is 0.220 e. The topological polar surface area (TPSA) is 61.0 Å². The Morgan fingerprint density at radius 3 is 2.96 bits per heavy atom. The summed E-state index contributed by atoms with van der Waals surface area (Å²) in [4.78, 5) is 14.7. The van der Waals surface area contributed by atoms with E-state index < -0.39 is 0 Å². The van der Waals surface area contributed by atoms with Crippen molar-refractivity contribution in [2.24, 2.45) is 0 Å². The van der Waals surface area contributed by atoms with E-state index in [1.54, 1.807) is 0 Å². The summed E-state index contributed by atoms with van der Waals surface area (Å²) in [6.07, 6.45) is 7.20. The van der Waals surface area contributed by atoms with Crippen LogP contribution in [-0.2, 0) is 24.1 Å². The molecule has 1 amide bonds. The lowest BCUT2D eigenvalue weighted by molar-refractivity contribution is -0.121. The van der Waals surface area contributed by atoms with Crippen LogP contribution < -0.4 is 5.32 Å². The predicted molar refractivity (Wildman–Crippen MR) is 107 cm³/mol. The van der Waals surface area contributed by atoms with Gasteiger partial charge >= 0.3 is 0 Å². The summed E-state index contributed by atoms with van der Waals surface area (Å²) in [7, 11) is 0. The minimum Gasteiger partial charge on any atom is -0.355 e. The Hall–Kier alpha value is -2.14. The van der Waals surface area contributed by atoms with Gasteiger partial charge in [-0.05, 0) is 55.7 Å². The third-order valence-corrected chi connectivity index (χ3v) is 6.02. The summed E-state index contributed by atoms with van der Waals surface area (Å²) in [5, 5.41) is 10.7. The zero-order chi connectivity index (χ0) is 18.5. The highest BCUT2D eigenvalue weighted by Crippen LogP contribution is 2.26. The zero-order valence-corrected chi connectivity index (χ0v) is 16.0. The minimum absolute atomic E-state index is 0.140. The Kier molecular flexibility index (Phi) is 5.87. The molecule has 1 saturated heterocycles.